The van der Waals surface area contributed by atoms with Gasteiger partial charge >= 0.3 is 0 Å². The Morgan fingerprint density at radius 1 is 1.05 bits per heavy atom. The molecular formula is C18H21NO2. The van der Waals surface area contributed by atoms with Crippen LogP contribution < -0.4 is 9.64 Å². The molecule has 0 bridgehead atoms. The highest BCUT2D eigenvalue weighted by Crippen LogP contribution is 2.23. The molecule has 0 aliphatic heterocycles. The number of benzene rings is 2. The number of ketones is 1. The number of para-hydroxylation sites is 1. The first-order chi connectivity index (χ1) is 10.1. The van der Waals surface area contributed by atoms with Gasteiger partial charge in [-0.3, -0.25) is 4.79 Å². The lowest BCUT2D eigenvalue weighted by molar-refractivity contribution is 0.103. The molecule has 0 aliphatic carbocycles. The lowest BCUT2D eigenvalue weighted by atomic mass is 10.0. The van der Waals surface area contributed by atoms with E-state index in [9.17, 15) is 4.79 Å². The van der Waals surface area contributed by atoms with Crippen molar-refractivity contribution in [3.05, 3.63) is 59.7 Å². The van der Waals surface area contributed by atoms with Gasteiger partial charge in [0.15, 0.2) is 5.78 Å². The third-order valence-corrected chi connectivity index (χ3v) is 3.24. The zero-order chi connectivity index (χ0) is 15.2. The monoisotopic (exact) mass is 283 g/mol. The molecule has 3 heteroatoms. The minimum atomic E-state index is -0.00740. The molecule has 3 nitrogen and oxygen atoms in total. The van der Waals surface area contributed by atoms with E-state index in [0.29, 0.717) is 23.5 Å². The summed E-state index contributed by atoms with van der Waals surface area (Å²) in [6.07, 6.45) is 0.917. The predicted molar refractivity (Wildman–Crippen MR) is 86.4 cm³/mol. The van der Waals surface area contributed by atoms with Crippen molar-refractivity contribution in [2.75, 3.05) is 25.6 Å². The molecule has 2 rings (SSSR count). The minimum Gasteiger partial charge on any atom is -0.493 e. The lowest BCUT2D eigenvalue weighted by Crippen LogP contribution is -2.09. The third-order valence-electron chi connectivity index (χ3n) is 3.24. The summed E-state index contributed by atoms with van der Waals surface area (Å²) >= 11 is 0. The van der Waals surface area contributed by atoms with Gasteiger partial charge in [0.05, 0.1) is 12.2 Å². The first-order valence-corrected chi connectivity index (χ1v) is 7.17. The summed E-state index contributed by atoms with van der Waals surface area (Å²) in [6, 6.07) is 15.0. The highest BCUT2D eigenvalue weighted by atomic mass is 16.5. The molecule has 0 atom stereocenters. The Balaban J connectivity index is 2.27. The Bertz CT molecular complexity index is 603. The van der Waals surface area contributed by atoms with Crippen LogP contribution in [0.15, 0.2) is 48.5 Å². The maximum absolute atomic E-state index is 12.6. The normalized spacial score (nSPS) is 10.2. The van der Waals surface area contributed by atoms with Gasteiger partial charge in [0.25, 0.3) is 0 Å². The Morgan fingerprint density at radius 3 is 2.33 bits per heavy atom. The van der Waals surface area contributed by atoms with Crippen molar-refractivity contribution in [3.63, 3.8) is 0 Å². The highest BCUT2D eigenvalue weighted by molar-refractivity contribution is 6.10. The van der Waals surface area contributed by atoms with Crippen molar-refractivity contribution in [3.8, 4) is 5.75 Å². The predicted octanol–water partition coefficient (Wildman–Crippen LogP) is 3.77. The summed E-state index contributed by atoms with van der Waals surface area (Å²) in [6.45, 7) is 2.66. The Kier molecular flexibility index (Phi) is 4.99. The van der Waals surface area contributed by atoms with E-state index in [0.717, 1.165) is 12.1 Å². The van der Waals surface area contributed by atoms with Crippen LogP contribution in [0.4, 0.5) is 5.69 Å². The van der Waals surface area contributed by atoms with Crippen molar-refractivity contribution < 1.29 is 9.53 Å². The zero-order valence-corrected chi connectivity index (χ0v) is 12.8. The molecule has 0 heterocycles. The second-order valence-corrected chi connectivity index (χ2v) is 5.12. The lowest BCUT2D eigenvalue weighted by Gasteiger charge is -2.13. The molecule has 0 radical (unpaired) electrons. The van der Waals surface area contributed by atoms with E-state index in [-0.39, 0.29) is 5.78 Å². The summed E-state index contributed by atoms with van der Waals surface area (Å²) in [5.41, 5.74) is 2.36. The van der Waals surface area contributed by atoms with Gasteiger partial charge < -0.3 is 9.64 Å². The largest absolute Gasteiger partial charge is 0.493 e. The van der Waals surface area contributed by atoms with Crippen molar-refractivity contribution >= 4 is 11.5 Å². The van der Waals surface area contributed by atoms with E-state index in [2.05, 4.69) is 0 Å². The standard InChI is InChI=1S/C18H21NO2/c1-4-13-21-17-8-6-5-7-16(17)18(20)14-9-11-15(12-10-14)19(2)3/h5-12H,4,13H2,1-3H3. The number of nitrogens with zero attached hydrogens (tertiary/aromatic N) is 1. The van der Waals surface area contributed by atoms with Crippen LogP contribution in [0, 0.1) is 0 Å². The molecule has 21 heavy (non-hydrogen) atoms. The molecule has 0 aliphatic rings. The fourth-order valence-electron chi connectivity index (χ4n) is 2.06. The fourth-order valence-corrected chi connectivity index (χ4v) is 2.06. The summed E-state index contributed by atoms with van der Waals surface area (Å²) in [5, 5.41) is 0. The van der Waals surface area contributed by atoms with Gasteiger partial charge in [0, 0.05) is 25.3 Å². The van der Waals surface area contributed by atoms with Gasteiger partial charge in [-0.2, -0.15) is 0 Å². The van der Waals surface area contributed by atoms with E-state index in [1.54, 1.807) is 0 Å². The highest BCUT2D eigenvalue weighted by Gasteiger charge is 2.14. The van der Waals surface area contributed by atoms with Crippen LogP contribution in [0.2, 0.25) is 0 Å². The first-order valence-electron chi connectivity index (χ1n) is 7.17. The number of rotatable bonds is 6. The van der Waals surface area contributed by atoms with Crippen LogP contribution in [0.3, 0.4) is 0 Å². The van der Waals surface area contributed by atoms with E-state index >= 15 is 0 Å². The maximum Gasteiger partial charge on any atom is 0.196 e. The van der Waals surface area contributed by atoms with E-state index < -0.39 is 0 Å². The van der Waals surface area contributed by atoms with Crippen LogP contribution in [-0.2, 0) is 0 Å². The van der Waals surface area contributed by atoms with Gasteiger partial charge in [-0.25, -0.2) is 0 Å². The summed E-state index contributed by atoms with van der Waals surface area (Å²) in [7, 11) is 3.95. The number of carbonyl (C=O) groups excluding carboxylic acids is 1. The number of hydrogen-bond acceptors (Lipinski definition) is 3. The number of hydrogen-bond donors (Lipinski definition) is 0. The number of ether oxygens (including phenoxy) is 1. The van der Waals surface area contributed by atoms with Crippen molar-refractivity contribution in [1.82, 2.24) is 0 Å². The second kappa shape index (κ2) is 6.93. The van der Waals surface area contributed by atoms with E-state index in [1.807, 2.05) is 74.4 Å². The van der Waals surface area contributed by atoms with Gasteiger partial charge in [-0.05, 0) is 42.8 Å². The average Bonchev–Trinajstić information content (AvgIpc) is 2.52. The molecule has 0 N–H and O–H groups in total. The van der Waals surface area contributed by atoms with Crippen LogP contribution in [0.5, 0.6) is 5.75 Å². The Hall–Kier alpha value is -2.29. The topological polar surface area (TPSA) is 29.5 Å². The molecule has 0 fully saturated rings. The molecular weight excluding hydrogens is 262 g/mol. The Morgan fingerprint density at radius 2 is 1.71 bits per heavy atom. The fraction of sp³-hybridized carbons (Fsp3) is 0.278. The number of anilines is 1. The SMILES string of the molecule is CCCOc1ccccc1C(=O)c1ccc(N(C)C)cc1. The Labute approximate surface area is 126 Å². The number of carbonyl (C=O) groups is 1. The molecule has 2 aromatic carbocycles. The molecule has 0 amide bonds. The molecule has 0 aromatic heterocycles. The summed E-state index contributed by atoms with van der Waals surface area (Å²) in [4.78, 5) is 14.6. The van der Waals surface area contributed by atoms with Crippen molar-refractivity contribution in [2.45, 2.75) is 13.3 Å². The van der Waals surface area contributed by atoms with E-state index in [4.69, 9.17) is 4.74 Å². The summed E-state index contributed by atoms with van der Waals surface area (Å²) in [5.74, 6) is 0.646. The molecule has 0 unspecified atom stereocenters. The second-order valence-electron chi connectivity index (χ2n) is 5.12. The van der Waals surface area contributed by atoms with Gasteiger partial charge in [-0.1, -0.05) is 19.1 Å². The average molecular weight is 283 g/mol. The van der Waals surface area contributed by atoms with Gasteiger partial charge in [0.2, 0.25) is 0 Å². The molecule has 0 spiro atoms. The minimum absolute atomic E-state index is 0.00740. The van der Waals surface area contributed by atoms with Crippen LogP contribution in [0.25, 0.3) is 0 Å². The third kappa shape index (κ3) is 3.63. The quantitative estimate of drug-likeness (QED) is 0.756. The van der Waals surface area contributed by atoms with Crippen LogP contribution in [0.1, 0.15) is 29.3 Å². The molecule has 2 aromatic rings. The molecule has 0 saturated heterocycles. The summed E-state index contributed by atoms with van der Waals surface area (Å²) < 4.78 is 5.66. The molecule has 110 valence electrons. The van der Waals surface area contributed by atoms with Crippen molar-refractivity contribution in [1.29, 1.82) is 0 Å². The zero-order valence-electron chi connectivity index (χ0n) is 12.8. The molecule has 0 saturated carbocycles. The van der Waals surface area contributed by atoms with Crippen molar-refractivity contribution in [2.24, 2.45) is 0 Å². The maximum atomic E-state index is 12.6. The van der Waals surface area contributed by atoms with Crippen LogP contribution in [-0.4, -0.2) is 26.5 Å². The smallest absolute Gasteiger partial charge is 0.196 e. The first kappa shape index (κ1) is 15.1. The van der Waals surface area contributed by atoms with Crippen LogP contribution >= 0.6 is 0 Å². The van der Waals surface area contributed by atoms with E-state index in [1.165, 1.54) is 0 Å². The van der Waals surface area contributed by atoms with Gasteiger partial charge in [-0.15, -0.1) is 0 Å². The van der Waals surface area contributed by atoms with Gasteiger partial charge in [0.1, 0.15) is 5.75 Å².